The Balaban J connectivity index is 1.37. The maximum Gasteiger partial charge on any atom is 0.276 e. The molecule has 0 aliphatic carbocycles. The van der Waals surface area contributed by atoms with E-state index in [-0.39, 0.29) is 11.7 Å². The van der Waals surface area contributed by atoms with Crippen LogP contribution in [0, 0.1) is 0 Å². The van der Waals surface area contributed by atoms with Gasteiger partial charge in [0.2, 0.25) is 0 Å². The minimum absolute atomic E-state index is 0.121. The maximum atomic E-state index is 12.7. The highest BCUT2D eigenvalue weighted by atomic mass is 16.5. The Morgan fingerprint density at radius 1 is 1.00 bits per heavy atom. The average molecular weight is 363 g/mol. The molecule has 0 radical (unpaired) electrons. The van der Waals surface area contributed by atoms with Crippen LogP contribution in [0.3, 0.4) is 0 Å². The smallest absolute Gasteiger partial charge is 0.276 e. The molecule has 27 heavy (non-hydrogen) atoms. The molecular weight excluding hydrogens is 342 g/mol. The van der Waals surface area contributed by atoms with Crippen molar-refractivity contribution in [2.45, 2.75) is 6.54 Å². The Hall–Kier alpha value is -3.12. The summed E-state index contributed by atoms with van der Waals surface area (Å²) in [5.74, 6) is 0.493. The molecule has 0 spiro atoms. The predicted octanol–water partition coefficient (Wildman–Crippen LogP) is 3.01. The fourth-order valence-corrected chi connectivity index (χ4v) is 3.28. The largest absolute Gasteiger partial charge is 0.508 e. The molecule has 1 aliphatic rings. The summed E-state index contributed by atoms with van der Waals surface area (Å²) in [6.07, 6.45) is 0. The van der Waals surface area contributed by atoms with Crippen LogP contribution >= 0.6 is 0 Å². The molecule has 1 saturated heterocycles. The second-order valence-corrected chi connectivity index (χ2v) is 6.68. The summed E-state index contributed by atoms with van der Waals surface area (Å²) >= 11 is 0. The van der Waals surface area contributed by atoms with Gasteiger partial charge < -0.3 is 14.5 Å². The van der Waals surface area contributed by atoms with Crippen LogP contribution in [0.2, 0.25) is 0 Å². The third kappa shape index (κ3) is 4.01. The molecule has 3 aromatic rings. The quantitative estimate of drug-likeness (QED) is 0.772. The number of aromatic hydroxyl groups is 1. The zero-order valence-corrected chi connectivity index (χ0v) is 14.9. The normalized spacial score (nSPS) is 15.0. The van der Waals surface area contributed by atoms with Gasteiger partial charge in [0.05, 0.1) is 0 Å². The van der Waals surface area contributed by atoms with E-state index in [1.54, 1.807) is 30.3 Å². The second-order valence-electron chi connectivity index (χ2n) is 6.68. The number of nitrogens with zero attached hydrogens (tertiary/aromatic N) is 3. The zero-order valence-electron chi connectivity index (χ0n) is 14.9. The van der Waals surface area contributed by atoms with E-state index < -0.39 is 0 Å². The highest BCUT2D eigenvalue weighted by Gasteiger charge is 2.24. The number of hydrogen-bond donors (Lipinski definition) is 1. The van der Waals surface area contributed by atoms with Crippen LogP contribution in [0.25, 0.3) is 11.3 Å². The monoisotopic (exact) mass is 363 g/mol. The number of aromatic nitrogens is 1. The van der Waals surface area contributed by atoms with Gasteiger partial charge >= 0.3 is 0 Å². The Labute approximate surface area is 157 Å². The number of amides is 1. The Morgan fingerprint density at radius 3 is 2.52 bits per heavy atom. The van der Waals surface area contributed by atoms with Crippen molar-refractivity contribution in [1.29, 1.82) is 0 Å². The molecule has 0 atom stereocenters. The number of rotatable bonds is 4. The van der Waals surface area contributed by atoms with Crippen molar-refractivity contribution >= 4 is 5.91 Å². The van der Waals surface area contributed by atoms with E-state index in [0.717, 1.165) is 19.6 Å². The highest BCUT2D eigenvalue weighted by Crippen LogP contribution is 2.24. The molecule has 2 heterocycles. The molecular formula is C21H21N3O3. The first-order chi connectivity index (χ1) is 13.2. The van der Waals surface area contributed by atoms with E-state index in [1.165, 1.54) is 5.56 Å². The molecule has 2 aromatic carbocycles. The molecule has 4 rings (SSSR count). The second kappa shape index (κ2) is 7.63. The molecule has 1 amide bonds. The molecule has 1 fully saturated rings. The highest BCUT2D eigenvalue weighted by molar-refractivity contribution is 5.93. The lowest BCUT2D eigenvalue weighted by atomic mass is 10.1. The molecule has 6 nitrogen and oxygen atoms in total. The Bertz CT molecular complexity index is 915. The number of hydrogen-bond acceptors (Lipinski definition) is 5. The topological polar surface area (TPSA) is 69.8 Å². The fourth-order valence-electron chi connectivity index (χ4n) is 3.28. The van der Waals surface area contributed by atoms with Crippen molar-refractivity contribution < 1.29 is 14.4 Å². The fraction of sp³-hybridized carbons (Fsp3) is 0.238. The van der Waals surface area contributed by atoms with Crippen LogP contribution in [0.5, 0.6) is 5.75 Å². The molecule has 0 saturated carbocycles. The minimum atomic E-state index is -0.121. The maximum absolute atomic E-state index is 12.7. The van der Waals surface area contributed by atoms with E-state index in [9.17, 15) is 9.90 Å². The van der Waals surface area contributed by atoms with Crippen LogP contribution in [0.1, 0.15) is 16.1 Å². The van der Waals surface area contributed by atoms with E-state index >= 15 is 0 Å². The summed E-state index contributed by atoms with van der Waals surface area (Å²) < 4.78 is 5.30. The lowest BCUT2D eigenvalue weighted by Gasteiger charge is -2.34. The molecule has 0 unspecified atom stereocenters. The first kappa shape index (κ1) is 17.3. The molecule has 1 aromatic heterocycles. The van der Waals surface area contributed by atoms with Gasteiger partial charge in [-0.25, -0.2) is 0 Å². The lowest BCUT2D eigenvalue weighted by Crippen LogP contribution is -2.48. The summed E-state index contributed by atoms with van der Waals surface area (Å²) in [5, 5.41) is 13.5. The molecule has 1 N–H and O–H groups in total. The van der Waals surface area contributed by atoms with Crippen LogP contribution in [0.15, 0.2) is 65.2 Å². The summed E-state index contributed by atoms with van der Waals surface area (Å²) in [4.78, 5) is 16.9. The van der Waals surface area contributed by atoms with Gasteiger partial charge in [0, 0.05) is 44.4 Å². The Kier molecular flexibility index (Phi) is 4.89. The van der Waals surface area contributed by atoms with E-state index in [1.807, 2.05) is 23.1 Å². The van der Waals surface area contributed by atoms with Crippen molar-refractivity contribution in [2.24, 2.45) is 0 Å². The molecule has 1 aliphatic heterocycles. The van der Waals surface area contributed by atoms with Crippen molar-refractivity contribution in [2.75, 3.05) is 26.2 Å². The van der Waals surface area contributed by atoms with Gasteiger partial charge in [-0.05, 0) is 17.7 Å². The average Bonchev–Trinajstić information content (AvgIpc) is 3.19. The minimum Gasteiger partial charge on any atom is -0.508 e. The van der Waals surface area contributed by atoms with E-state index in [0.29, 0.717) is 30.1 Å². The Morgan fingerprint density at radius 2 is 1.78 bits per heavy atom. The summed E-state index contributed by atoms with van der Waals surface area (Å²) in [6.45, 7) is 3.89. The van der Waals surface area contributed by atoms with Gasteiger partial charge in [0.15, 0.2) is 11.5 Å². The van der Waals surface area contributed by atoms with Crippen molar-refractivity contribution in [3.8, 4) is 17.1 Å². The number of phenolic OH excluding ortho intramolecular Hbond substituents is 1. The van der Waals surface area contributed by atoms with Crippen LogP contribution in [0.4, 0.5) is 0 Å². The molecule has 6 heteroatoms. The first-order valence-corrected chi connectivity index (χ1v) is 9.01. The summed E-state index contributed by atoms with van der Waals surface area (Å²) in [5.41, 5.74) is 2.27. The number of benzene rings is 2. The third-order valence-corrected chi connectivity index (χ3v) is 4.77. The van der Waals surface area contributed by atoms with E-state index in [4.69, 9.17) is 4.52 Å². The van der Waals surface area contributed by atoms with Crippen molar-refractivity contribution in [3.63, 3.8) is 0 Å². The molecule has 138 valence electrons. The number of carbonyl (C=O) groups excluding carboxylic acids is 1. The van der Waals surface area contributed by atoms with Crippen LogP contribution in [-0.2, 0) is 6.54 Å². The van der Waals surface area contributed by atoms with Crippen molar-refractivity contribution in [3.05, 3.63) is 71.9 Å². The third-order valence-electron chi connectivity index (χ3n) is 4.77. The van der Waals surface area contributed by atoms with Crippen molar-refractivity contribution in [1.82, 2.24) is 15.0 Å². The molecule has 0 bridgehead atoms. The van der Waals surface area contributed by atoms with Gasteiger partial charge in [-0.3, -0.25) is 9.69 Å². The summed E-state index contributed by atoms with van der Waals surface area (Å²) in [6, 6.07) is 18.7. The summed E-state index contributed by atoms with van der Waals surface area (Å²) in [7, 11) is 0. The van der Waals surface area contributed by atoms with Gasteiger partial charge in [-0.1, -0.05) is 47.6 Å². The predicted molar refractivity (Wildman–Crippen MR) is 101 cm³/mol. The number of phenols is 1. The van der Waals surface area contributed by atoms with Gasteiger partial charge in [-0.15, -0.1) is 0 Å². The van der Waals surface area contributed by atoms with Gasteiger partial charge in [0.1, 0.15) is 5.75 Å². The van der Waals surface area contributed by atoms with Crippen LogP contribution < -0.4 is 0 Å². The van der Waals surface area contributed by atoms with Gasteiger partial charge in [-0.2, -0.15) is 0 Å². The van der Waals surface area contributed by atoms with E-state index in [2.05, 4.69) is 22.2 Å². The standard InChI is InChI=1S/C21H21N3O3/c25-18-8-4-7-17(13-18)20-14-19(22-27-20)21(26)24-11-9-23(10-12-24)15-16-5-2-1-3-6-16/h1-8,13-14,25H,9-12,15H2. The SMILES string of the molecule is O=C(c1cc(-c2cccc(O)c2)on1)N1CCN(Cc2ccccc2)CC1. The van der Waals surface area contributed by atoms with Gasteiger partial charge in [0.25, 0.3) is 5.91 Å². The number of carbonyl (C=O) groups is 1. The van der Waals surface area contributed by atoms with Crippen LogP contribution in [-0.4, -0.2) is 52.1 Å². The zero-order chi connectivity index (χ0) is 18.6. The lowest BCUT2D eigenvalue weighted by molar-refractivity contribution is 0.0618. The number of piperazine rings is 1. The first-order valence-electron chi connectivity index (χ1n) is 9.01.